The Morgan fingerprint density at radius 1 is 1.46 bits per heavy atom. The van der Waals surface area contributed by atoms with Gasteiger partial charge in [0.1, 0.15) is 11.0 Å². The van der Waals surface area contributed by atoms with E-state index in [0.29, 0.717) is 21.1 Å². The summed E-state index contributed by atoms with van der Waals surface area (Å²) < 4.78 is 2.81. The van der Waals surface area contributed by atoms with Crippen molar-refractivity contribution in [1.29, 1.82) is 0 Å². The van der Waals surface area contributed by atoms with Gasteiger partial charge in [0, 0.05) is 0 Å². The van der Waals surface area contributed by atoms with Crippen LogP contribution < -0.4 is 5.73 Å². The van der Waals surface area contributed by atoms with Crippen LogP contribution in [-0.2, 0) is 0 Å². The first-order chi connectivity index (χ1) is 6.11. The van der Waals surface area contributed by atoms with Gasteiger partial charge in [-0.25, -0.2) is 4.98 Å². The summed E-state index contributed by atoms with van der Waals surface area (Å²) in [6, 6.07) is 0. The third kappa shape index (κ3) is 1.33. The molecule has 0 fully saturated rings. The zero-order valence-electron chi connectivity index (χ0n) is 6.13. The third-order valence-electron chi connectivity index (χ3n) is 1.54. The van der Waals surface area contributed by atoms with Crippen molar-refractivity contribution in [3.63, 3.8) is 0 Å². The molecule has 68 valence electrons. The molecular formula is C6H3Br2ClN4. The predicted octanol–water partition coefficient (Wildman–Crippen LogP) is 2.49. The minimum Gasteiger partial charge on any atom is -0.383 e. The number of rotatable bonds is 0. The number of nitrogens with zero attached hydrogens (tertiary/aromatic N) is 3. The molecule has 0 saturated heterocycles. The number of hydrogen-bond acceptors (Lipinski definition) is 3. The zero-order valence-corrected chi connectivity index (χ0v) is 10.1. The zero-order chi connectivity index (χ0) is 9.59. The van der Waals surface area contributed by atoms with Gasteiger partial charge in [0.15, 0.2) is 5.65 Å². The highest BCUT2D eigenvalue weighted by Crippen LogP contribution is 2.29. The Kier molecular flexibility index (Phi) is 2.21. The molecule has 0 bridgehead atoms. The van der Waals surface area contributed by atoms with Crippen LogP contribution in [0.2, 0.25) is 5.15 Å². The maximum Gasteiger partial charge on any atom is 0.173 e. The van der Waals surface area contributed by atoms with Crippen molar-refractivity contribution in [3.8, 4) is 0 Å². The first kappa shape index (κ1) is 9.23. The van der Waals surface area contributed by atoms with E-state index < -0.39 is 0 Å². The van der Waals surface area contributed by atoms with Crippen LogP contribution in [0.15, 0.2) is 15.1 Å². The van der Waals surface area contributed by atoms with E-state index in [4.69, 9.17) is 17.3 Å². The fourth-order valence-corrected chi connectivity index (χ4v) is 1.72. The van der Waals surface area contributed by atoms with Gasteiger partial charge < -0.3 is 5.73 Å². The summed E-state index contributed by atoms with van der Waals surface area (Å²) in [6.45, 7) is 0. The lowest BCUT2D eigenvalue weighted by Gasteiger charge is -2.02. The SMILES string of the molecule is Nc1c(Br)c(Cl)nc2c(Br)cnn12. The van der Waals surface area contributed by atoms with Crippen LogP contribution in [-0.4, -0.2) is 14.6 Å². The molecule has 2 aromatic rings. The number of fused-ring (bicyclic) bond motifs is 1. The Hall–Kier alpha value is -0.330. The summed E-state index contributed by atoms with van der Waals surface area (Å²) in [4.78, 5) is 4.09. The molecule has 0 spiro atoms. The summed E-state index contributed by atoms with van der Waals surface area (Å²) >= 11 is 12.3. The second kappa shape index (κ2) is 3.11. The van der Waals surface area contributed by atoms with Crippen molar-refractivity contribution in [1.82, 2.24) is 14.6 Å². The summed E-state index contributed by atoms with van der Waals surface area (Å²) in [7, 11) is 0. The van der Waals surface area contributed by atoms with Gasteiger partial charge in [-0.15, -0.1) is 0 Å². The first-order valence-corrected chi connectivity index (χ1v) is 5.21. The lowest BCUT2D eigenvalue weighted by atomic mass is 10.5. The van der Waals surface area contributed by atoms with E-state index in [-0.39, 0.29) is 0 Å². The summed E-state index contributed by atoms with van der Waals surface area (Å²) in [5.41, 5.74) is 6.34. The minimum atomic E-state index is 0.325. The predicted molar refractivity (Wildman–Crippen MR) is 57.8 cm³/mol. The summed E-state index contributed by atoms with van der Waals surface area (Å²) in [5.74, 6) is 0.431. The largest absolute Gasteiger partial charge is 0.383 e. The van der Waals surface area contributed by atoms with E-state index in [0.717, 1.165) is 4.47 Å². The Bertz CT molecular complexity index is 481. The van der Waals surface area contributed by atoms with Crippen molar-refractivity contribution < 1.29 is 0 Å². The molecule has 0 aliphatic rings. The molecule has 0 atom stereocenters. The van der Waals surface area contributed by atoms with E-state index in [2.05, 4.69) is 41.9 Å². The molecule has 0 aliphatic heterocycles. The quantitative estimate of drug-likeness (QED) is 0.757. The molecule has 0 radical (unpaired) electrons. The molecule has 7 heteroatoms. The fourth-order valence-electron chi connectivity index (χ4n) is 0.940. The van der Waals surface area contributed by atoms with Crippen LogP contribution in [0.25, 0.3) is 5.65 Å². The van der Waals surface area contributed by atoms with E-state index >= 15 is 0 Å². The van der Waals surface area contributed by atoms with Crippen molar-refractivity contribution >= 4 is 54.9 Å². The maximum atomic E-state index is 5.82. The van der Waals surface area contributed by atoms with Crippen LogP contribution >= 0.6 is 43.5 Å². The number of anilines is 1. The Balaban J connectivity index is 2.96. The Labute approximate surface area is 95.3 Å². The average Bonchev–Trinajstić information content (AvgIpc) is 2.45. The molecule has 0 unspecified atom stereocenters. The van der Waals surface area contributed by atoms with Crippen LogP contribution in [0, 0.1) is 0 Å². The fraction of sp³-hybridized carbons (Fsp3) is 0. The molecule has 0 amide bonds. The normalized spacial score (nSPS) is 11.0. The number of nitrogens with two attached hydrogens (primary N) is 1. The van der Waals surface area contributed by atoms with E-state index in [1.165, 1.54) is 4.52 Å². The van der Waals surface area contributed by atoms with E-state index in [1.807, 2.05) is 0 Å². The molecule has 2 rings (SSSR count). The van der Waals surface area contributed by atoms with E-state index in [9.17, 15) is 0 Å². The van der Waals surface area contributed by atoms with Gasteiger partial charge in [0.2, 0.25) is 0 Å². The lowest BCUT2D eigenvalue weighted by molar-refractivity contribution is 0.947. The van der Waals surface area contributed by atoms with Gasteiger partial charge in [-0.1, -0.05) is 11.6 Å². The highest BCUT2D eigenvalue weighted by atomic mass is 79.9. The maximum absolute atomic E-state index is 5.82. The molecule has 13 heavy (non-hydrogen) atoms. The second-order valence-electron chi connectivity index (χ2n) is 2.33. The summed E-state index contributed by atoms with van der Waals surface area (Å²) in [5, 5.41) is 4.34. The molecule has 2 heterocycles. The van der Waals surface area contributed by atoms with Crippen LogP contribution in [0.3, 0.4) is 0 Å². The van der Waals surface area contributed by atoms with Crippen LogP contribution in [0.5, 0.6) is 0 Å². The smallest absolute Gasteiger partial charge is 0.173 e. The highest BCUT2D eigenvalue weighted by Gasteiger charge is 2.11. The van der Waals surface area contributed by atoms with Gasteiger partial charge in [0.25, 0.3) is 0 Å². The molecular weight excluding hydrogens is 323 g/mol. The van der Waals surface area contributed by atoms with E-state index in [1.54, 1.807) is 6.20 Å². The van der Waals surface area contributed by atoms with Gasteiger partial charge in [-0.3, -0.25) is 0 Å². The highest BCUT2D eigenvalue weighted by molar-refractivity contribution is 9.11. The standard InChI is InChI=1S/C6H3Br2ClN4/c7-2-1-11-13-5(10)3(8)4(9)12-6(2)13/h1H,10H2. The topological polar surface area (TPSA) is 56.2 Å². The lowest BCUT2D eigenvalue weighted by Crippen LogP contribution is -2.01. The number of halogens is 3. The molecule has 0 aliphatic carbocycles. The number of aromatic nitrogens is 3. The third-order valence-corrected chi connectivity index (χ3v) is 3.38. The number of hydrogen-bond donors (Lipinski definition) is 1. The van der Waals surface area contributed by atoms with Gasteiger partial charge in [-0.2, -0.15) is 9.61 Å². The minimum absolute atomic E-state index is 0.325. The molecule has 2 aromatic heterocycles. The van der Waals surface area contributed by atoms with Crippen molar-refractivity contribution in [3.05, 3.63) is 20.3 Å². The van der Waals surface area contributed by atoms with Gasteiger partial charge in [-0.05, 0) is 31.9 Å². The monoisotopic (exact) mass is 324 g/mol. The molecule has 0 saturated carbocycles. The van der Waals surface area contributed by atoms with Crippen molar-refractivity contribution in [2.45, 2.75) is 0 Å². The summed E-state index contributed by atoms with van der Waals surface area (Å²) in [6.07, 6.45) is 1.61. The van der Waals surface area contributed by atoms with Crippen LogP contribution in [0.1, 0.15) is 0 Å². The second-order valence-corrected chi connectivity index (χ2v) is 4.34. The Morgan fingerprint density at radius 2 is 2.15 bits per heavy atom. The number of nitrogen functional groups attached to an aromatic ring is 1. The van der Waals surface area contributed by atoms with Gasteiger partial charge in [0.05, 0.1) is 15.1 Å². The van der Waals surface area contributed by atoms with Crippen LogP contribution in [0.4, 0.5) is 5.82 Å². The molecule has 4 nitrogen and oxygen atoms in total. The molecule has 2 N–H and O–H groups in total. The average molecular weight is 326 g/mol. The van der Waals surface area contributed by atoms with Gasteiger partial charge >= 0.3 is 0 Å². The molecule has 0 aromatic carbocycles. The van der Waals surface area contributed by atoms with Crippen molar-refractivity contribution in [2.75, 3.05) is 5.73 Å². The Morgan fingerprint density at radius 3 is 2.85 bits per heavy atom. The first-order valence-electron chi connectivity index (χ1n) is 3.25. The van der Waals surface area contributed by atoms with Crippen molar-refractivity contribution in [2.24, 2.45) is 0 Å².